The van der Waals surface area contributed by atoms with Gasteiger partial charge in [-0.3, -0.25) is 4.90 Å². The van der Waals surface area contributed by atoms with E-state index in [9.17, 15) is 0 Å². The number of nitrogens with zero attached hydrogens (tertiary/aromatic N) is 1. The van der Waals surface area contributed by atoms with Gasteiger partial charge >= 0.3 is 0 Å². The van der Waals surface area contributed by atoms with Crippen molar-refractivity contribution in [3.8, 4) is 0 Å². The molecule has 1 aliphatic carbocycles. The Hall–Kier alpha value is -0.0800. The minimum Gasteiger partial charge on any atom is -0.316 e. The first-order chi connectivity index (χ1) is 9.88. The van der Waals surface area contributed by atoms with Crippen molar-refractivity contribution in [1.82, 2.24) is 10.2 Å². The van der Waals surface area contributed by atoms with Gasteiger partial charge in [0.05, 0.1) is 0 Å². The molecule has 1 heterocycles. The third-order valence-corrected chi connectivity index (χ3v) is 5.92. The quantitative estimate of drug-likeness (QED) is 0.831. The summed E-state index contributed by atoms with van der Waals surface area (Å²) in [4.78, 5) is 2.83. The van der Waals surface area contributed by atoms with E-state index >= 15 is 0 Å². The summed E-state index contributed by atoms with van der Waals surface area (Å²) in [6.45, 7) is 15.8. The van der Waals surface area contributed by atoms with Gasteiger partial charge in [-0.2, -0.15) is 0 Å². The fourth-order valence-electron chi connectivity index (χ4n) is 4.43. The number of hydrogen-bond acceptors (Lipinski definition) is 2. The summed E-state index contributed by atoms with van der Waals surface area (Å²) >= 11 is 0. The molecular weight excluding hydrogens is 256 g/mol. The van der Waals surface area contributed by atoms with Crippen LogP contribution in [0.1, 0.15) is 73.1 Å². The van der Waals surface area contributed by atoms with Crippen LogP contribution in [0.3, 0.4) is 0 Å². The highest BCUT2D eigenvalue weighted by atomic mass is 15.2. The summed E-state index contributed by atoms with van der Waals surface area (Å²) in [6.07, 6.45) is 8.49. The van der Waals surface area contributed by atoms with Crippen molar-refractivity contribution in [1.29, 1.82) is 0 Å². The van der Waals surface area contributed by atoms with Crippen molar-refractivity contribution in [3.63, 3.8) is 0 Å². The first-order valence-electron chi connectivity index (χ1n) is 9.34. The van der Waals surface area contributed by atoms with Crippen LogP contribution >= 0.6 is 0 Å². The van der Waals surface area contributed by atoms with Crippen LogP contribution in [0.25, 0.3) is 0 Å². The molecule has 2 aliphatic rings. The van der Waals surface area contributed by atoms with Crippen LogP contribution in [0.5, 0.6) is 0 Å². The molecular formula is C19H38N2. The molecule has 0 amide bonds. The lowest BCUT2D eigenvalue weighted by atomic mass is 9.71. The summed E-state index contributed by atoms with van der Waals surface area (Å²) < 4.78 is 0. The maximum atomic E-state index is 3.58. The van der Waals surface area contributed by atoms with Crippen LogP contribution in [-0.4, -0.2) is 36.6 Å². The Kier molecular flexibility index (Phi) is 6.14. The number of nitrogens with one attached hydrogen (secondary N) is 1. The van der Waals surface area contributed by atoms with Gasteiger partial charge in [0, 0.05) is 18.6 Å². The SMILES string of the molecule is CC(C)N(CC1CCCNC1)C1CCC(C(C)(C)C)CC1. The van der Waals surface area contributed by atoms with Crippen molar-refractivity contribution in [3.05, 3.63) is 0 Å². The maximum Gasteiger partial charge on any atom is 0.00982 e. The maximum absolute atomic E-state index is 3.58. The van der Waals surface area contributed by atoms with Gasteiger partial charge in [0.15, 0.2) is 0 Å². The Balaban J connectivity index is 1.87. The third-order valence-electron chi connectivity index (χ3n) is 5.92. The van der Waals surface area contributed by atoms with Gasteiger partial charge in [0.2, 0.25) is 0 Å². The van der Waals surface area contributed by atoms with Crippen LogP contribution in [-0.2, 0) is 0 Å². The van der Waals surface area contributed by atoms with E-state index in [1.807, 2.05) is 0 Å². The molecule has 1 atom stereocenters. The first-order valence-corrected chi connectivity index (χ1v) is 9.34. The Morgan fingerprint density at radius 1 is 1.05 bits per heavy atom. The largest absolute Gasteiger partial charge is 0.316 e. The average Bonchev–Trinajstić information content (AvgIpc) is 2.45. The van der Waals surface area contributed by atoms with E-state index in [4.69, 9.17) is 0 Å². The fourth-order valence-corrected chi connectivity index (χ4v) is 4.43. The van der Waals surface area contributed by atoms with Gasteiger partial charge in [-0.25, -0.2) is 0 Å². The number of rotatable bonds is 4. The Bertz CT molecular complexity index is 291. The Morgan fingerprint density at radius 2 is 1.71 bits per heavy atom. The lowest BCUT2D eigenvalue weighted by Crippen LogP contribution is -2.48. The van der Waals surface area contributed by atoms with Gasteiger partial charge in [-0.1, -0.05) is 20.8 Å². The monoisotopic (exact) mass is 294 g/mol. The predicted molar refractivity (Wildman–Crippen MR) is 92.6 cm³/mol. The van der Waals surface area contributed by atoms with Crippen molar-refractivity contribution in [2.75, 3.05) is 19.6 Å². The molecule has 2 nitrogen and oxygen atoms in total. The molecule has 1 aliphatic heterocycles. The average molecular weight is 295 g/mol. The van der Waals surface area contributed by atoms with Crippen LogP contribution in [0, 0.1) is 17.3 Å². The van der Waals surface area contributed by atoms with E-state index in [-0.39, 0.29) is 0 Å². The minimum atomic E-state index is 0.501. The molecule has 1 unspecified atom stereocenters. The molecule has 2 rings (SSSR count). The van der Waals surface area contributed by atoms with E-state index in [0.717, 1.165) is 17.9 Å². The summed E-state index contributed by atoms with van der Waals surface area (Å²) in [6, 6.07) is 1.54. The molecule has 0 spiro atoms. The molecule has 1 N–H and O–H groups in total. The van der Waals surface area contributed by atoms with Crippen molar-refractivity contribution in [2.45, 2.75) is 85.2 Å². The van der Waals surface area contributed by atoms with Crippen LogP contribution < -0.4 is 5.32 Å². The van der Waals surface area contributed by atoms with E-state index in [1.54, 1.807) is 0 Å². The summed E-state index contributed by atoms with van der Waals surface area (Å²) in [5.74, 6) is 1.81. The van der Waals surface area contributed by atoms with E-state index < -0.39 is 0 Å². The zero-order valence-corrected chi connectivity index (χ0v) is 15.1. The van der Waals surface area contributed by atoms with E-state index in [2.05, 4.69) is 44.8 Å². The Morgan fingerprint density at radius 3 is 2.19 bits per heavy atom. The van der Waals surface area contributed by atoms with Crippen molar-refractivity contribution in [2.24, 2.45) is 17.3 Å². The van der Waals surface area contributed by atoms with Crippen LogP contribution in [0.4, 0.5) is 0 Å². The predicted octanol–water partition coefficient (Wildman–Crippen LogP) is 4.30. The molecule has 124 valence electrons. The molecule has 0 radical (unpaired) electrons. The lowest BCUT2D eigenvalue weighted by molar-refractivity contribution is 0.0602. The second-order valence-electron chi connectivity index (χ2n) is 8.87. The smallest absolute Gasteiger partial charge is 0.00982 e. The standard InChI is InChI=1S/C19H38N2/c1-15(2)21(14-16-7-6-12-20-13-16)18-10-8-17(9-11-18)19(3,4)5/h15-18,20H,6-14H2,1-5H3. The molecule has 0 aromatic heterocycles. The van der Waals surface area contributed by atoms with Gasteiger partial charge in [-0.05, 0) is 82.7 Å². The van der Waals surface area contributed by atoms with Crippen molar-refractivity contribution < 1.29 is 0 Å². The first kappa shape index (κ1) is 17.3. The molecule has 2 heteroatoms. The van der Waals surface area contributed by atoms with E-state index in [0.29, 0.717) is 11.5 Å². The van der Waals surface area contributed by atoms with Crippen LogP contribution in [0.15, 0.2) is 0 Å². The van der Waals surface area contributed by atoms with Crippen LogP contribution in [0.2, 0.25) is 0 Å². The van der Waals surface area contributed by atoms with Gasteiger partial charge in [0.25, 0.3) is 0 Å². The fraction of sp³-hybridized carbons (Fsp3) is 1.00. The second-order valence-corrected chi connectivity index (χ2v) is 8.87. The van der Waals surface area contributed by atoms with Gasteiger partial charge in [0.1, 0.15) is 0 Å². The number of hydrogen-bond donors (Lipinski definition) is 1. The topological polar surface area (TPSA) is 15.3 Å². The third kappa shape index (κ3) is 4.96. The summed E-state index contributed by atoms with van der Waals surface area (Å²) in [7, 11) is 0. The molecule has 2 fully saturated rings. The molecule has 0 aromatic rings. The molecule has 0 aromatic carbocycles. The zero-order valence-electron chi connectivity index (χ0n) is 15.1. The summed E-state index contributed by atoms with van der Waals surface area (Å²) in [5, 5.41) is 3.58. The van der Waals surface area contributed by atoms with Gasteiger partial charge < -0.3 is 5.32 Å². The second kappa shape index (κ2) is 7.46. The molecule has 21 heavy (non-hydrogen) atoms. The summed E-state index contributed by atoms with van der Waals surface area (Å²) in [5.41, 5.74) is 0.501. The number of piperidine rings is 1. The molecule has 1 saturated carbocycles. The zero-order chi connectivity index (χ0) is 15.5. The van der Waals surface area contributed by atoms with Gasteiger partial charge in [-0.15, -0.1) is 0 Å². The normalized spacial score (nSPS) is 31.9. The highest BCUT2D eigenvalue weighted by Gasteiger charge is 2.33. The van der Waals surface area contributed by atoms with E-state index in [1.165, 1.54) is 58.2 Å². The molecule has 1 saturated heterocycles. The Labute approximate surface area is 133 Å². The van der Waals surface area contributed by atoms with Crippen molar-refractivity contribution >= 4 is 0 Å². The highest BCUT2D eigenvalue weighted by Crippen LogP contribution is 2.39. The highest BCUT2D eigenvalue weighted by molar-refractivity contribution is 4.87. The lowest BCUT2D eigenvalue weighted by Gasteiger charge is -2.44. The minimum absolute atomic E-state index is 0.501. The molecule has 0 bridgehead atoms.